The van der Waals surface area contributed by atoms with Gasteiger partial charge in [0, 0.05) is 92.6 Å². The molecule has 0 saturated heterocycles. The summed E-state index contributed by atoms with van der Waals surface area (Å²) in [6, 6.07) is 64.8. The van der Waals surface area contributed by atoms with E-state index in [9.17, 15) is 24.9 Å². The van der Waals surface area contributed by atoms with Crippen molar-refractivity contribution in [1.82, 2.24) is 4.58 Å². The number of carbonyl (C=O) groups excluding carboxylic acids is 3. The number of Topliss-reactive ketones (excluding diaryl/α,β-unsaturated/α-hetero) is 1. The van der Waals surface area contributed by atoms with Crippen molar-refractivity contribution in [2.45, 2.75) is 26.7 Å². The van der Waals surface area contributed by atoms with E-state index in [1.165, 1.54) is 13.0 Å². The van der Waals surface area contributed by atoms with Gasteiger partial charge in [-0.3, -0.25) is 14.9 Å². The fraction of sp³-hybridized carbons (Fsp3) is 0.123. The second-order valence-electron chi connectivity index (χ2n) is 21.3. The zero-order valence-electron chi connectivity index (χ0n) is 48.0. The molecule has 2 aliphatic rings. The SMILES string of the molecule is COCCCOC1=CC(=[N+](c2ccc3ccccc3c2)c2ccc3ccccc3c2)C=C(O)C1=C1C(=O)C(c2c(O)cc(N(c3ccc4ccccc4c3)c3ccc4ccccc4c3)cc2OCCCOC(=O)Nc2ccc(C)c(NC(C)=O)c2)=C1O. The number of phenolic OH excluding ortho intramolecular Hbond substituents is 1. The van der Waals surface area contributed by atoms with Crippen LogP contribution < -0.4 is 24.8 Å². The minimum atomic E-state index is -0.735. The number of ketones is 1. The fourth-order valence-corrected chi connectivity index (χ4v) is 11.2. The lowest BCUT2D eigenvalue weighted by Crippen LogP contribution is -2.27. The van der Waals surface area contributed by atoms with Gasteiger partial charge in [0.15, 0.2) is 0 Å². The third kappa shape index (κ3) is 11.8. The van der Waals surface area contributed by atoms with Gasteiger partial charge in [0.25, 0.3) is 0 Å². The van der Waals surface area contributed by atoms with Crippen molar-refractivity contribution in [2.24, 2.45) is 0 Å². The Labute approximate surface area is 502 Å². The molecule has 0 fully saturated rings. The molecule has 2 aliphatic carbocycles. The molecule has 14 nitrogen and oxygen atoms in total. The van der Waals surface area contributed by atoms with Gasteiger partial charge >= 0.3 is 6.09 Å². The van der Waals surface area contributed by atoms with Crippen molar-refractivity contribution in [3.05, 3.63) is 252 Å². The number of hydrogen-bond acceptors (Lipinski definition) is 11. The van der Waals surface area contributed by atoms with Crippen molar-refractivity contribution >= 4 is 112 Å². The maximum atomic E-state index is 15.2. The molecule has 0 radical (unpaired) electrons. The lowest BCUT2D eigenvalue weighted by atomic mass is 9.78. The number of allylic oxidation sites excluding steroid dienone is 4. The molecule has 12 rings (SSSR count). The van der Waals surface area contributed by atoms with Crippen LogP contribution in [-0.4, -0.2) is 72.4 Å². The molecule has 0 saturated carbocycles. The van der Waals surface area contributed by atoms with Crippen LogP contribution in [0.1, 0.15) is 30.9 Å². The van der Waals surface area contributed by atoms with Crippen LogP contribution in [0.15, 0.2) is 241 Å². The quantitative estimate of drug-likeness (QED) is 0.0314. The highest BCUT2D eigenvalue weighted by Gasteiger charge is 2.44. The van der Waals surface area contributed by atoms with Crippen molar-refractivity contribution in [3.63, 3.8) is 0 Å². The topological polar surface area (TPSA) is 179 Å². The molecule has 0 aliphatic heterocycles. The van der Waals surface area contributed by atoms with Crippen molar-refractivity contribution < 1.29 is 48.7 Å². The number of aliphatic hydroxyl groups excluding tert-OH is 2. The van der Waals surface area contributed by atoms with Crippen LogP contribution in [0.25, 0.3) is 48.7 Å². The number of nitrogens with one attached hydrogen (secondary N) is 2. The normalized spacial score (nSPS) is 14.0. The van der Waals surface area contributed by atoms with Crippen LogP contribution in [0, 0.1) is 6.92 Å². The molecule has 0 atom stereocenters. The Hall–Kier alpha value is -11.0. The number of aryl methyl sites for hydroxylation is 1. The molecule has 14 heteroatoms. The van der Waals surface area contributed by atoms with Gasteiger partial charge in [0.05, 0.1) is 59.9 Å². The number of benzene rings is 10. The number of aliphatic hydroxyl groups is 2. The number of ether oxygens (including phenoxy) is 4. The van der Waals surface area contributed by atoms with Gasteiger partial charge in [0.1, 0.15) is 28.8 Å². The second kappa shape index (κ2) is 24.7. The first-order valence-electron chi connectivity index (χ1n) is 28.6. The van der Waals surface area contributed by atoms with Gasteiger partial charge in [-0.1, -0.05) is 115 Å². The van der Waals surface area contributed by atoms with Crippen LogP contribution in [0.3, 0.4) is 0 Å². The molecule has 10 aromatic carbocycles. The van der Waals surface area contributed by atoms with E-state index in [0.717, 1.165) is 71.4 Å². The largest absolute Gasteiger partial charge is 0.507 e. The molecule has 0 unspecified atom stereocenters. The van der Waals surface area contributed by atoms with E-state index in [0.29, 0.717) is 35.8 Å². The number of phenols is 1. The predicted octanol–water partition coefficient (Wildman–Crippen LogP) is 16.3. The first kappa shape index (κ1) is 56.5. The molecule has 432 valence electrons. The Bertz CT molecular complexity index is 4420. The van der Waals surface area contributed by atoms with Gasteiger partial charge < -0.3 is 44.5 Å². The van der Waals surface area contributed by atoms with E-state index in [2.05, 4.69) is 34.9 Å². The number of hydrogen-bond donors (Lipinski definition) is 5. The highest BCUT2D eigenvalue weighted by atomic mass is 16.5. The van der Waals surface area contributed by atoms with E-state index in [1.54, 1.807) is 43.5 Å². The molecular weight excluding hydrogens is 1090 g/mol. The zero-order chi connectivity index (χ0) is 60.1. The van der Waals surface area contributed by atoms with E-state index in [4.69, 9.17) is 18.9 Å². The number of methoxy groups -OCH3 is 1. The first-order valence-corrected chi connectivity index (χ1v) is 28.6. The fourth-order valence-electron chi connectivity index (χ4n) is 11.2. The summed E-state index contributed by atoms with van der Waals surface area (Å²) >= 11 is 0. The lowest BCUT2D eigenvalue weighted by molar-refractivity contribution is -0.114. The molecule has 0 bridgehead atoms. The summed E-state index contributed by atoms with van der Waals surface area (Å²) in [6.07, 6.45) is 3.20. The molecule has 87 heavy (non-hydrogen) atoms. The first-order chi connectivity index (χ1) is 42.4. The number of aromatic hydroxyl groups is 1. The number of nitrogens with zero attached hydrogens (tertiary/aromatic N) is 2. The van der Waals surface area contributed by atoms with Crippen LogP contribution >= 0.6 is 0 Å². The highest BCUT2D eigenvalue weighted by Crippen LogP contribution is 2.50. The van der Waals surface area contributed by atoms with Crippen molar-refractivity contribution in [2.75, 3.05) is 49.1 Å². The number of rotatable bonds is 18. The minimum absolute atomic E-state index is 0.0378. The standard InChI is InChI=1S/C73H60N4O10/c1-45-22-27-55(40-62(45)74-46(2)78)75-73(83)87-35-13-34-86-66-44-61(77(58-30-25-49-16-6-10-20-53(49)38-58)59-31-26-50-17-7-11-21-54(50)39-59)42-64(80)68(66)70-71(81)69(72(70)82)67-63(79)41-60(43-65(67)85-33-12-32-84-3)76(56-28-23-47-14-4-8-18-51(47)36-56)57-29-24-48-15-5-9-19-52(48)37-57/h4-11,14-31,36-44H,12-13,32-35H2,1-3H3,(H4,74,75,78,79,80,81,82,83)/p+1. The summed E-state index contributed by atoms with van der Waals surface area (Å²) in [5.74, 6) is -2.00. The van der Waals surface area contributed by atoms with E-state index in [1.807, 2.05) is 162 Å². The molecule has 2 amide bonds. The van der Waals surface area contributed by atoms with Gasteiger partial charge in [-0.25, -0.2) is 4.79 Å². The highest BCUT2D eigenvalue weighted by molar-refractivity contribution is 6.40. The second-order valence-corrected chi connectivity index (χ2v) is 21.3. The van der Waals surface area contributed by atoms with Gasteiger partial charge in [-0.05, 0) is 104 Å². The maximum Gasteiger partial charge on any atom is 0.411 e. The third-order valence-electron chi connectivity index (χ3n) is 15.4. The minimum Gasteiger partial charge on any atom is -0.507 e. The van der Waals surface area contributed by atoms with Crippen molar-refractivity contribution in [1.29, 1.82) is 0 Å². The zero-order valence-corrected chi connectivity index (χ0v) is 48.0. The van der Waals surface area contributed by atoms with Gasteiger partial charge in [-0.2, -0.15) is 4.58 Å². The maximum absolute atomic E-state index is 15.2. The van der Waals surface area contributed by atoms with Crippen LogP contribution in [0.4, 0.5) is 44.6 Å². The number of fused-ring (bicyclic) bond motifs is 4. The average Bonchev–Trinajstić information content (AvgIpc) is 0.759. The molecule has 0 heterocycles. The summed E-state index contributed by atoms with van der Waals surface area (Å²) in [4.78, 5) is 42.0. The van der Waals surface area contributed by atoms with Gasteiger partial charge in [0.2, 0.25) is 28.8 Å². The predicted molar refractivity (Wildman–Crippen MR) is 346 cm³/mol. The average molecular weight is 1150 g/mol. The molecule has 0 aromatic heterocycles. The summed E-state index contributed by atoms with van der Waals surface area (Å²) < 4.78 is 26.0. The Balaban J connectivity index is 0.951. The summed E-state index contributed by atoms with van der Waals surface area (Å²) in [7, 11) is 1.59. The molecule has 5 N–H and O–H groups in total. The Morgan fingerprint density at radius 2 is 1.07 bits per heavy atom. The van der Waals surface area contributed by atoms with E-state index >= 15 is 4.79 Å². The lowest BCUT2D eigenvalue weighted by Gasteiger charge is -2.30. The van der Waals surface area contributed by atoms with E-state index in [-0.39, 0.29) is 77.4 Å². The summed E-state index contributed by atoms with van der Waals surface area (Å²) in [5, 5.41) is 50.9. The summed E-state index contributed by atoms with van der Waals surface area (Å²) in [6.45, 7) is 3.58. The monoisotopic (exact) mass is 1150 g/mol. The molecule has 0 spiro atoms. The van der Waals surface area contributed by atoms with Gasteiger partial charge in [-0.15, -0.1) is 0 Å². The van der Waals surface area contributed by atoms with Crippen LogP contribution in [0.2, 0.25) is 0 Å². The molecule has 10 aromatic rings. The van der Waals surface area contributed by atoms with E-state index < -0.39 is 17.6 Å². The number of anilines is 5. The Morgan fingerprint density at radius 3 is 1.63 bits per heavy atom. The smallest absolute Gasteiger partial charge is 0.411 e. The Morgan fingerprint density at radius 1 is 0.529 bits per heavy atom. The summed E-state index contributed by atoms with van der Waals surface area (Å²) in [5.41, 5.74) is 5.25. The number of carbonyl (C=O) groups is 3. The molecular formula is C73H61N4O10+. The Kier molecular flexibility index (Phi) is 16.0. The van der Waals surface area contributed by atoms with Crippen LogP contribution in [0.5, 0.6) is 11.5 Å². The number of amides is 2. The third-order valence-corrected chi connectivity index (χ3v) is 15.4. The van der Waals surface area contributed by atoms with Crippen LogP contribution in [-0.2, 0) is 23.8 Å². The van der Waals surface area contributed by atoms with Crippen molar-refractivity contribution in [3.8, 4) is 11.5 Å².